The summed E-state index contributed by atoms with van der Waals surface area (Å²) >= 11 is 0. The topological polar surface area (TPSA) is 117 Å². The molecule has 4 rings (SSSR count). The monoisotopic (exact) mass is 617 g/mol. The minimum Gasteiger partial charge on any atom is -0.466 e. The first-order valence-corrected chi connectivity index (χ1v) is 15.6. The maximum atomic E-state index is 13.4. The molecule has 2 heterocycles. The molecule has 45 heavy (non-hydrogen) atoms. The fourth-order valence-corrected chi connectivity index (χ4v) is 5.54. The van der Waals surface area contributed by atoms with E-state index in [0.717, 1.165) is 34.6 Å². The number of hydrogen-bond acceptors (Lipinski definition) is 8. The van der Waals surface area contributed by atoms with E-state index in [1.807, 2.05) is 67.8 Å². The predicted octanol–water partition coefficient (Wildman–Crippen LogP) is 5.45. The second-order valence-corrected chi connectivity index (χ2v) is 11.9. The Morgan fingerprint density at radius 3 is 2.27 bits per heavy atom. The highest BCUT2D eigenvalue weighted by molar-refractivity contribution is 5.98. The van der Waals surface area contributed by atoms with Gasteiger partial charge in [-0.25, -0.2) is 14.6 Å². The van der Waals surface area contributed by atoms with Crippen molar-refractivity contribution in [3.8, 4) is 11.1 Å². The second kappa shape index (κ2) is 14.5. The number of aromatic nitrogens is 2. The molecule has 2 aromatic carbocycles. The predicted molar refractivity (Wildman–Crippen MR) is 168 cm³/mol. The Hall–Kier alpha value is -4.47. The Morgan fingerprint density at radius 1 is 0.933 bits per heavy atom. The molecule has 0 saturated heterocycles. The van der Waals surface area contributed by atoms with Crippen LogP contribution in [0.5, 0.6) is 0 Å². The molecule has 0 aliphatic carbocycles. The van der Waals surface area contributed by atoms with Crippen molar-refractivity contribution in [3.63, 3.8) is 0 Å². The third-order valence-electron chi connectivity index (χ3n) is 7.38. The van der Waals surface area contributed by atoms with Gasteiger partial charge in [0.1, 0.15) is 17.8 Å². The highest BCUT2D eigenvalue weighted by atomic mass is 16.6. The number of aryl methyl sites for hydroxylation is 1. The third-order valence-corrected chi connectivity index (χ3v) is 7.38. The van der Waals surface area contributed by atoms with Crippen molar-refractivity contribution in [2.75, 3.05) is 19.8 Å². The summed E-state index contributed by atoms with van der Waals surface area (Å²) in [5.74, 6) is -1.26. The zero-order chi connectivity index (χ0) is 32.7. The van der Waals surface area contributed by atoms with Crippen LogP contribution in [0, 0.1) is 0 Å². The molecule has 0 radical (unpaired) electrons. The summed E-state index contributed by atoms with van der Waals surface area (Å²) in [4.78, 5) is 58.2. The lowest BCUT2D eigenvalue weighted by Crippen LogP contribution is -2.45. The second-order valence-electron chi connectivity index (χ2n) is 11.9. The van der Waals surface area contributed by atoms with E-state index in [0.29, 0.717) is 30.6 Å². The van der Waals surface area contributed by atoms with Crippen molar-refractivity contribution in [1.29, 1.82) is 0 Å². The molecule has 1 amide bonds. The molecule has 240 valence electrons. The SMILES string of the molecule is CCCc1nc2c(n1Cc1ccc(-c3ccccc3C(=O)OC(C)(C)C)cc1)C(C(=O)OCC)N(C(=O)CC(=O)OCC)CC2. The van der Waals surface area contributed by atoms with Gasteiger partial charge in [-0.15, -0.1) is 0 Å². The van der Waals surface area contributed by atoms with Crippen LogP contribution in [0.4, 0.5) is 0 Å². The number of amides is 1. The first-order chi connectivity index (χ1) is 21.5. The molecule has 3 aromatic rings. The first kappa shape index (κ1) is 33.4. The number of carbonyl (C=O) groups excluding carboxylic acids is 4. The highest BCUT2D eigenvalue weighted by Gasteiger charge is 2.41. The standard InChI is InChI=1S/C35H43N3O7/c1-7-12-28-36-27-19-20-37(29(39)21-30(40)43-8-2)32(34(42)44-9-3)31(27)38(28)22-23-15-17-24(18-16-23)25-13-10-11-14-26(25)33(41)45-35(4,5)6/h10-11,13-18,32H,7-9,12,19-22H2,1-6H3. The smallest absolute Gasteiger partial charge is 0.339 e. The summed E-state index contributed by atoms with van der Waals surface area (Å²) in [5.41, 5.74) is 3.81. The number of rotatable bonds is 11. The number of hydrogen-bond donors (Lipinski definition) is 0. The van der Waals surface area contributed by atoms with Crippen LogP contribution in [0.25, 0.3) is 11.1 Å². The molecular formula is C35H43N3O7. The van der Waals surface area contributed by atoms with Crippen molar-refractivity contribution in [2.45, 2.75) is 85.4 Å². The van der Waals surface area contributed by atoms with Crippen LogP contribution in [0.2, 0.25) is 0 Å². The lowest BCUT2D eigenvalue weighted by Gasteiger charge is -2.34. The number of esters is 3. The minimum atomic E-state index is -1.03. The summed E-state index contributed by atoms with van der Waals surface area (Å²) in [7, 11) is 0. The summed E-state index contributed by atoms with van der Waals surface area (Å²) in [5, 5.41) is 0. The van der Waals surface area contributed by atoms with Gasteiger partial charge in [0, 0.05) is 25.9 Å². The average molecular weight is 618 g/mol. The van der Waals surface area contributed by atoms with Crippen LogP contribution in [-0.2, 0) is 48.0 Å². The fraction of sp³-hybridized carbons (Fsp3) is 0.457. The largest absolute Gasteiger partial charge is 0.466 e. The minimum absolute atomic E-state index is 0.146. The Morgan fingerprint density at radius 2 is 1.62 bits per heavy atom. The van der Waals surface area contributed by atoms with Gasteiger partial charge in [-0.1, -0.05) is 49.4 Å². The number of carbonyl (C=O) groups is 4. The maximum absolute atomic E-state index is 13.4. The van der Waals surface area contributed by atoms with E-state index < -0.39 is 35.9 Å². The van der Waals surface area contributed by atoms with Gasteiger partial charge in [-0.05, 0) is 63.8 Å². The average Bonchev–Trinajstić information content (AvgIpc) is 3.33. The first-order valence-electron chi connectivity index (χ1n) is 15.6. The van der Waals surface area contributed by atoms with E-state index in [9.17, 15) is 19.2 Å². The van der Waals surface area contributed by atoms with Crippen molar-refractivity contribution < 1.29 is 33.4 Å². The van der Waals surface area contributed by atoms with E-state index in [1.165, 1.54) is 4.90 Å². The lowest BCUT2D eigenvalue weighted by molar-refractivity contribution is -0.159. The van der Waals surface area contributed by atoms with Gasteiger partial charge < -0.3 is 23.7 Å². The van der Waals surface area contributed by atoms with Gasteiger partial charge in [-0.2, -0.15) is 0 Å². The molecule has 1 unspecified atom stereocenters. The van der Waals surface area contributed by atoms with E-state index in [1.54, 1.807) is 19.9 Å². The molecular weight excluding hydrogens is 574 g/mol. The van der Waals surface area contributed by atoms with Crippen molar-refractivity contribution in [1.82, 2.24) is 14.5 Å². The van der Waals surface area contributed by atoms with Crippen molar-refractivity contribution in [3.05, 3.63) is 76.9 Å². The molecule has 10 nitrogen and oxygen atoms in total. The van der Waals surface area contributed by atoms with Crippen LogP contribution in [0.15, 0.2) is 48.5 Å². The quantitative estimate of drug-likeness (QED) is 0.158. The maximum Gasteiger partial charge on any atom is 0.339 e. The Kier molecular flexibility index (Phi) is 10.8. The fourth-order valence-electron chi connectivity index (χ4n) is 5.54. The van der Waals surface area contributed by atoms with Crippen LogP contribution in [0.1, 0.15) is 93.6 Å². The van der Waals surface area contributed by atoms with Gasteiger partial charge in [0.15, 0.2) is 6.04 Å². The van der Waals surface area contributed by atoms with E-state index >= 15 is 0 Å². The van der Waals surface area contributed by atoms with Crippen molar-refractivity contribution >= 4 is 23.8 Å². The zero-order valence-corrected chi connectivity index (χ0v) is 27.1. The van der Waals surface area contributed by atoms with Gasteiger partial charge >= 0.3 is 17.9 Å². The molecule has 0 spiro atoms. The van der Waals surface area contributed by atoms with Gasteiger partial charge in [0.05, 0.1) is 30.2 Å². The normalized spacial score (nSPS) is 14.4. The molecule has 1 aliphatic rings. The van der Waals surface area contributed by atoms with Gasteiger partial charge in [0.2, 0.25) is 5.91 Å². The summed E-state index contributed by atoms with van der Waals surface area (Å²) in [6.07, 6.45) is 1.51. The highest BCUT2D eigenvalue weighted by Crippen LogP contribution is 2.34. The zero-order valence-electron chi connectivity index (χ0n) is 27.1. The molecule has 1 aliphatic heterocycles. The summed E-state index contributed by atoms with van der Waals surface area (Å²) < 4.78 is 18.1. The number of ether oxygens (including phenoxy) is 3. The van der Waals surface area contributed by atoms with Crippen LogP contribution in [-0.4, -0.2) is 63.6 Å². The molecule has 0 bridgehead atoms. The number of benzene rings is 2. The number of imidazole rings is 1. The van der Waals surface area contributed by atoms with E-state index in [-0.39, 0.29) is 25.7 Å². The Labute approximate surface area is 264 Å². The summed E-state index contributed by atoms with van der Waals surface area (Å²) in [6, 6.07) is 14.2. The molecule has 0 saturated carbocycles. The molecule has 1 atom stereocenters. The number of nitrogens with zero attached hydrogens (tertiary/aromatic N) is 3. The van der Waals surface area contributed by atoms with E-state index in [2.05, 4.69) is 6.92 Å². The molecule has 0 N–H and O–H groups in total. The third kappa shape index (κ3) is 7.98. The van der Waals surface area contributed by atoms with Crippen molar-refractivity contribution in [2.24, 2.45) is 0 Å². The van der Waals surface area contributed by atoms with Gasteiger partial charge in [0.25, 0.3) is 0 Å². The van der Waals surface area contributed by atoms with E-state index in [4.69, 9.17) is 19.2 Å². The molecule has 0 fully saturated rings. The Balaban J connectivity index is 1.69. The van der Waals surface area contributed by atoms with Crippen LogP contribution >= 0.6 is 0 Å². The number of fused-ring (bicyclic) bond motifs is 1. The van der Waals surface area contributed by atoms with Crippen LogP contribution < -0.4 is 0 Å². The van der Waals surface area contributed by atoms with Crippen LogP contribution in [0.3, 0.4) is 0 Å². The summed E-state index contributed by atoms with van der Waals surface area (Å²) in [6.45, 7) is 11.9. The van der Waals surface area contributed by atoms with Gasteiger partial charge in [-0.3, -0.25) is 9.59 Å². The molecule has 10 heteroatoms. The Bertz CT molecular complexity index is 1540. The molecule has 1 aromatic heterocycles. The lowest BCUT2D eigenvalue weighted by atomic mass is 9.98.